The first-order valence-corrected chi connectivity index (χ1v) is 30.5. The summed E-state index contributed by atoms with van der Waals surface area (Å²) in [4.78, 5) is -4.24. The van der Waals surface area contributed by atoms with E-state index >= 15 is 0 Å². The maximum atomic E-state index is 12.2. The number of hydrogen-bond acceptors (Lipinski definition) is 30. The summed E-state index contributed by atoms with van der Waals surface area (Å²) in [6, 6.07) is 15.2. The molecule has 0 amide bonds. The second kappa shape index (κ2) is 33.6. The minimum atomic E-state index is -5.29. The molecule has 0 radical (unpaired) electrons. The Balaban J connectivity index is 0. The van der Waals surface area contributed by atoms with E-state index in [-0.39, 0.29) is 286 Å². The fourth-order valence-electron chi connectivity index (χ4n) is 5.93. The van der Waals surface area contributed by atoms with E-state index in [2.05, 4.69) is 28.8 Å². The van der Waals surface area contributed by atoms with Crippen molar-refractivity contribution in [3.05, 3.63) is 97.1 Å². The number of hydrogen-bond donors (Lipinski definition) is 2. The van der Waals surface area contributed by atoms with Gasteiger partial charge in [0.2, 0.25) is 20.8 Å². The van der Waals surface area contributed by atoms with Gasteiger partial charge in [0.1, 0.15) is 51.8 Å². The molecule has 0 saturated carbocycles. The molecule has 30 nitrogen and oxygen atoms in total. The van der Waals surface area contributed by atoms with E-state index in [9.17, 15) is 105 Å². The summed E-state index contributed by atoms with van der Waals surface area (Å²) in [5.41, 5.74) is -1.74. The summed E-state index contributed by atoms with van der Waals surface area (Å²) in [5.74, 6) is -3.39. The predicted molar refractivity (Wildman–Crippen MR) is 240 cm³/mol. The van der Waals surface area contributed by atoms with E-state index < -0.39 is 148 Å². The molecule has 0 unspecified atom stereocenters. The van der Waals surface area contributed by atoms with Gasteiger partial charge >= 0.3 is 243 Å². The second-order valence-electron chi connectivity index (χ2n) is 14.2. The molecule has 0 aliphatic heterocycles. The van der Waals surface area contributed by atoms with E-state index in [0.29, 0.717) is 12.1 Å². The van der Waals surface area contributed by atoms with Gasteiger partial charge in [-0.1, -0.05) is 0 Å². The van der Waals surface area contributed by atoms with E-state index in [1.807, 2.05) is 0 Å². The van der Waals surface area contributed by atoms with Crippen LogP contribution in [-0.4, -0.2) is 130 Å². The van der Waals surface area contributed by atoms with Gasteiger partial charge in [-0.05, 0) is 108 Å². The van der Waals surface area contributed by atoms with Crippen LogP contribution in [0.15, 0.2) is 147 Å². The molecule has 0 fully saturated rings. The number of fused-ring (bicyclic) bond motifs is 2. The average molecular weight is 1370 g/mol. The van der Waals surface area contributed by atoms with Gasteiger partial charge in [-0.2, -0.15) is 10.2 Å². The molecule has 0 aliphatic rings. The molecule has 0 aromatic heterocycles. The van der Waals surface area contributed by atoms with Crippen LogP contribution in [-0.2, 0) is 89.3 Å². The van der Waals surface area contributed by atoms with Crippen LogP contribution in [0.2, 0.25) is 0 Å². The average Bonchev–Trinajstić information content (AvgIpc) is 3.26. The van der Waals surface area contributed by atoms with Crippen molar-refractivity contribution >= 4 is 125 Å². The molecule has 400 valence electrons. The van der Waals surface area contributed by atoms with Gasteiger partial charge in [0, 0.05) is 10.8 Å². The Hall–Kier alpha value is 1.83. The number of rotatable bonds is 18. The SMILES string of the molecule is O=S(=O)([O-])OCCS(=O)(=O)c1ccc(N=Nc2c(S(=O)(=O)[O-])cc3cc(S(=O)(=O)[O-])ccc3c2O)cc1.O=S(=O)([O-])OCCS(=O)(=O)c1ccc(N=Nc2c(S(=O)(=O)[O-])cc3cc(S(=O)(=O)[O-])ccc3c2O)cc1.[K+].[K+].[K+].[Na+].[Na+].[Na+]. The molecule has 0 spiro atoms. The van der Waals surface area contributed by atoms with E-state index in [1.54, 1.807) is 0 Å². The van der Waals surface area contributed by atoms with Crippen molar-refractivity contribution in [3.8, 4) is 11.5 Å². The van der Waals surface area contributed by atoms with Gasteiger partial charge in [0.15, 0.2) is 31.2 Å². The van der Waals surface area contributed by atoms with Gasteiger partial charge in [0.25, 0.3) is 0 Å². The second-order valence-corrected chi connectivity index (χ2v) is 26.0. The Morgan fingerprint density at radius 2 is 0.650 bits per heavy atom. The Labute approximate surface area is 651 Å². The number of aromatic hydroxyl groups is 2. The smallest absolute Gasteiger partial charge is 0.744 e. The van der Waals surface area contributed by atoms with Crippen molar-refractivity contribution in [2.24, 2.45) is 20.5 Å². The molecule has 44 heteroatoms. The van der Waals surface area contributed by atoms with Crippen molar-refractivity contribution < 1.29 is 356 Å². The Bertz CT molecular complexity index is 3970. The topological polar surface area (TPSA) is 520 Å². The van der Waals surface area contributed by atoms with E-state index in [1.165, 1.54) is 0 Å². The van der Waals surface area contributed by atoms with Crippen LogP contribution in [0.3, 0.4) is 0 Å². The van der Waals surface area contributed by atoms with Crippen LogP contribution in [0.25, 0.3) is 21.5 Å². The molecular weight excluding hydrogens is 1350 g/mol. The first-order valence-electron chi connectivity index (χ1n) is 18.9. The van der Waals surface area contributed by atoms with Crippen LogP contribution < -0.4 is 243 Å². The van der Waals surface area contributed by atoms with Crippen molar-refractivity contribution in [1.82, 2.24) is 0 Å². The summed E-state index contributed by atoms with van der Waals surface area (Å²) >= 11 is 0. The molecule has 2 N–H and O–H groups in total. The van der Waals surface area contributed by atoms with Crippen LogP contribution in [0.1, 0.15) is 0 Å². The zero-order valence-electron chi connectivity index (χ0n) is 41.8. The monoisotopic (exact) mass is 1370 g/mol. The number of benzene rings is 6. The molecule has 0 saturated heterocycles. The Morgan fingerprint density at radius 3 is 0.900 bits per heavy atom. The van der Waals surface area contributed by atoms with Gasteiger partial charge in [-0.25, -0.2) is 67.3 Å². The van der Waals surface area contributed by atoms with Gasteiger partial charge in [-0.15, -0.1) is 10.2 Å². The number of nitrogens with zero attached hydrogens (tertiary/aromatic N) is 4. The quantitative estimate of drug-likeness (QED) is 0.0349. The first-order chi connectivity index (χ1) is 33.8. The van der Waals surface area contributed by atoms with Gasteiger partial charge in [0.05, 0.1) is 65.5 Å². The Kier molecular flexibility index (Phi) is 35.2. The zero-order chi connectivity index (χ0) is 55.6. The van der Waals surface area contributed by atoms with E-state index in [0.717, 1.165) is 84.9 Å². The minimum absolute atomic E-state index is 0. The third-order valence-electron chi connectivity index (χ3n) is 9.24. The van der Waals surface area contributed by atoms with Gasteiger partial charge in [-0.3, -0.25) is 8.37 Å². The van der Waals surface area contributed by atoms with Crippen molar-refractivity contribution in [3.63, 3.8) is 0 Å². The maximum Gasteiger partial charge on any atom is 1.00 e. The van der Waals surface area contributed by atoms with Crippen LogP contribution in [0.5, 0.6) is 11.5 Å². The van der Waals surface area contributed by atoms with Crippen molar-refractivity contribution in [1.29, 1.82) is 0 Å². The predicted octanol–water partition coefficient (Wildman–Crippen LogP) is -15.9. The van der Waals surface area contributed by atoms with Crippen molar-refractivity contribution in [2.45, 2.75) is 29.4 Å². The largest absolute Gasteiger partial charge is 1.00 e. The molecule has 6 aromatic carbocycles. The maximum absolute atomic E-state index is 12.2. The number of phenols is 2. The Morgan fingerprint density at radius 1 is 0.375 bits per heavy atom. The van der Waals surface area contributed by atoms with Crippen LogP contribution in [0, 0.1) is 0 Å². The third-order valence-corrected chi connectivity index (χ3v) is 16.9. The van der Waals surface area contributed by atoms with Crippen LogP contribution in [0.4, 0.5) is 22.7 Å². The molecule has 0 heterocycles. The number of phenolic OH excluding ortho intramolecular Hbond substituents is 2. The molecule has 0 aliphatic carbocycles. The van der Waals surface area contributed by atoms with E-state index in [4.69, 9.17) is 0 Å². The molecule has 6 aromatic rings. The summed E-state index contributed by atoms with van der Waals surface area (Å²) in [6.07, 6.45) is 0. The normalized spacial score (nSPS) is 12.4. The first kappa shape index (κ1) is 83.9. The minimum Gasteiger partial charge on any atom is -0.744 e. The number of sulfone groups is 2. The standard InChI is InChI=1S/2C18H16N2O13S4.3K.3Na/c2*21-18-15-6-5-14(35(24,25)26)9-11(15)10-16(36(27,28)29)17(18)20-19-12-1-3-13(4-2-12)34(22,23)8-7-33-37(30,31)32;;;;;;/h2*1-6,9-10,21H,7-8H2,(H,24,25,26)(H,27,28,29)(H,30,31,32);;;;;;/q;;6*+1/p-6. The van der Waals surface area contributed by atoms with Gasteiger partial charge < -0.3 is 37.5 Å². The molecule has 0 atom stereocenters. The molecular formula is C36H26K3N4Na3O26S8. The molecule has 0 bridgehead atoms. The molecule has 6 rings (SSSR count). The summed E-state index contributed by atoms with van der Waals surface area (Å²) in [7, 11) is -38.7. The fourth-order valence-corrected chi connectivity index (χ4v) is 11.2. The zero-order valence-corrected chi connectivity index (χ0v) is 63.7. The summed E-state index contributed by atoms with van der Waals surface area (Å²) < 4.78 is 257. The summed E-state index contributed by atoms with van der Waals surface area (Å²) in [5, 5.41) is 34.7. The third kappa shape index (κ3) is 24.7. The summed E-state index contributed by atoms with van der Waals surface area (Å²) in [6.45, 7) is -1.82. The van der Waals surface area contributed by atoms with Crippen LogP contribution >= 0.6 is 0 Å². The number of azo groups is 2. The van der Waals surface area contributed by atoms with Crippen molar-refractivity contribution in [2.75, 3.05) is 24.7 Å². The fraction of sp³-hybridized carbons (Fsp3) is 0.111. The molecule has 80 heavy (non-hydrogen) atoms.